The van der Waals surface area contributed by atoms with Crippen molar-refractivity contribution in [3.8, 4) is 0 Å². The van der Waals surface area contributed by atoms with Crippen molar-refractivity contribution in [1.29, 1.82) is 10.8 Å². The highest BCUT2D eigenvalue weighted by atomic mass is 32.1. The highest BCUT2D eigenvalue weighted by Crippen LogP contribution is 2.18. The molecule has 0 aromatic carbocycles. The normalized spacial score (nSPS) is 11.1. The van der Waals surface area contributed by atoms with Crippen LogP contribution in [0.1, 0.15) is 28.4 Å². The molecule has 0 saturated carbocycles. The first-order valence-corrected chi connectivity index (χ1v) is 5.79. The molecule has 0 unspecified atom stereocenters. The van der Waals surface area contributed by atoms with E-state index in [-0.39, 0.29) is 5.78 Å². The Morgan fingerprint density at radius 3 is 2.11 bits per heavy atom. The molecule has 0 bridgehead atoms. The van der Waals surface area contributed by atoms with E-state index in [1.807, 2.05) is 0 Å². The summed E-state index contributed by atoms with van der Waals surface area (Å²) in [5.41, 5.74) is 11.0. The Balaban J connectivity index is 3.03. The van der Waals surface area contributed by atoms with E-state index in [0.29, 0.717) is 10.6 Å². The van der Waals surface area contributed by atoms with Crippen LogP contribution in [0.15, 0.2) is 17.2 Å². The van der Waals surface area contributed by atoms with Gasteiger partial charge in [0.1, 0.15) is 0 Å². The summed E-state index contributed by atoms with van der Waals surface area (Å²) in [5.74, 6) is -0.899. The van der Waals surface area contributed by atoms with E-state index in [4.69, 9.17) is 22.3 Å². The average molecular weight is 266 g/mol. The van der Waals surface area contributed by atoms with E-state index >= 15 is 0 Å². The summed E-state index contributed by atoms with van der Waals surface area (Å²) in [6.45, 7) is 3.17. The van der Waals surface area contributed by atoms with Crippen molar-refractivity contribution in [2.24, 2.45) is 16.6 Å². The molecule has 1 aromatic heterocycles. The van der Waals surface area contributed by atoms with Crippen molar-refractivity contribution in [2.75, 3.05) is 0 Å². The van der Waals surface area contributed by atoms with Gasteiger partial charge in [-0.25, -0.2) is 0 Å². The predicted molar refractivity (Wildman–Crippen MR) is 72.2 cm³/mol. The number of nitrogens with one attached hydrogen (secondary N) is 2. The van der Waals surface area contributed by atoms with Gasteiger partial charge in [0.25, 0.3) is 0 Å². The summed E-state index contributed by atoms with van der Waals surface area (Å²) < 4.78 is 0. The second-order valence-electron chi connectivity index (χ2n) is 3.49. The van der Waals surface area contributed by atoms with E-state index in [1.165, 1.54) is 18.3 Å². The van der Waals surface area contributed by atoms with Crippen LogP contribution in [-0.2, 0) is 0 Å². The minimum absolute atomic E-state index is 0.0194. The van der Waals surface area contributed by atoms with Gasteiger partial charge in [-0.05, 0) is 26.0 Å². The van der Waals surface area contributed by atoms with Crippen molar-refractivity contribution in [3.63, 3.8) is 0 Å². The Morgan fingerprint density at radius 1 is 1.22 bits per heavy atom. The summed E-state index contributed by atoms with van der Waals surface area (Å²) >= 11 is 1.28. The number of hydrazone groups is 1. The SMILES string of the molecule is CC(=O)c1ccc(C(C)=NN(C(=N)N)C(=N)N)s1. The zero-order valence-electron chi connectivity index (χ0n) is 10.0. The van der Waals surface area contributed by atoms with Crippen molar-refractivity contribution >= 4 is 34.8 Å². The van der Waals surface area contributed by atoms with E-state index < -0.39 is 11.9 Å². The molecule has 0 aliphatic rings. The van der Waals surface area contributed by atoms with Gasteiger partial charge in [0.05, 0.1) is 15.5 Å². The number of thiophene rings is 1. The molecule has 8 heteroatoms. The Morgan fingerprint density at radius 2 is 1.72 bits per heavy atom. The molecule has 0 radical (unpaired) electrons. The maximum atomic E-state index is 11.2. The van der Waals surface area contributed by atoms with Crippen LogP contribution >= 0.6 is 11.3 Å². The molecule has 6 N–H and O–H groups in total. The molecule has 0 aliphatic carbocycles. The molecule has 18 heavy (non-hydrogen) atoms. The quantitative estimate of drug-likeness (QED) is 0.278. The van der Waals surface area contributed by atoms with Gasteiger partial charge < -0.3 is 11.5 Å². The van der Waals surface area contributed by atoms with Gasteiger partial charge in [0.2, 0.25) is 11.9 Å². The fourth-order valence-electron chi connectivity index (χ4n) is 1.16. The Bertz CT molecular complexity index is 518. The molecule has 0 aliphatic heterocycles. The van der Waals surface area contributed by atoms with Crippen LogP contribution in [0, 0.1) is 10.8 Å². The van der Waals surface area contributed by atoms with Crippen LogP contribution in [0.25, 0.3) is 0 Å². The number of carbonyl (C=O) groups is 1. The number of nitrogens with zero attached hydrogens (tertiary/aromatic N) is 2. The van der Waals surface area contributed by atoms with E-state index in [9.17, 15) is 4.79 Å². The molecule has 0 spiro atoms. The van der Waals surface area contributed by atoms with Crippen molar-refractivity contribution in [3.05, 3.63) is 21.9 Å². The number of carbonyl (C=O) groups excluding carboxylic acids is 1. The lowest BCUT2D eigenvalue weighted by Gasteiger charge is -2.14. The fourth-order valence-corrected chi connectivity index (χ4v) is 2.00. The number of hydrogen-bond donors (Lipinski definition) is 4. The van der Waals surface area contributed by atoms with Gasteiger partial charge in [0, 0.05) is 0 Å². The number of guanidine groups is 2. The zero-order valence-corrected chi connectivity index (χ0v) is 10.8. The lowest BCUT2D eigenvalue weighted by Crippen LogP contribution is -2.41. The van der Waals surface area contributed by atoms with E-state index in [0.717, 1.165) is 9.89 Å². The van der Waals surface area contributed by atoms with Gasteiger partial charge in [-0.15, -0.1) is 11.3 Å². The van der Waals surface area contributed by atoms with E-state index in [2.05, 4.69) is 5.10 Å². The minimum Gasteiger partial charge on any atom is -0.368 e. The Kier molecular flexibility index (Phi) is 4.16. The second-order valence-corrected chi connectivity index (χ2v) is 4.57. The monoisotopic (exact) mass is 266 g/mol. The molecule has 0 fully saturated rings. The highest BCUT2D eigenvalue weighted by Gasteiger charge is 2.11. The van der Waals surface area contributed by atoms with Gasteiger partial charge in [-0.2, -0.15) is 10.1 Å². The molecule has 7 nitrogen and oxygen atoms in total. The molecule has 1 heterocycles. The third kappa shape index (κ3) is 3.14. The summed E-state index contributed by atoms with van der Waals surface area (Å²) in [4.78, 5) is 12.6. The number of ketones is 1. The van der Waals surface area contributed by atoms with Crippen LogP contribution in [0.2, 0.25) is 0 Å². The maximum Gasteiger partial charge on any atom is 0.216 e. The smallest absolute Gasteiger partial charge is 0.216 e. The lowest BCUT2D eigenvalue weighted by molar-refractivity contribution is 0.102. The number of hydrogen-bond acceptors (Lipinski definition) is 5. The first kappa shape index (κ1) is 13.8. The number of Topliss-reactive ketones (excluding diaryl/α,β-unsaturated/α-hetero) is 1. The number of rotatable bonds is 3. The zero-order chi connectivity index (χ0) is 13.9. The molecule has 1 aromatic rings. The Labute approximate surface area is 108 Å². The third-order valence-corrected chi connectivity index (χ3v) is 3.31. The minimum atomic E-state index is -0.440. The van der Waals surface area contributed by atoms with Gasteiger partial charge in [-0.3, -0.25) is 15.6 Å². The largest absolute Gasteiger partial charge is 0.368 e. The average Bonchev–Trinajstić information content (AvgIpc) is 2.73. The standard InChI is InChI=1S/C10H14N6OS/c1-5(15-16(9(11)12)10(13)14)7-3-4-8(18-7)6(2)17/h3-4H,1-2H3,(H3,11,12)(H3,13,14). The lowest BCUT2D eigenvalue weighted by atomic mass is 10.3. The van der Waals surface area contributed by atoms with Gasteiger partial charge >= 0.3 is 0 Å². The van der Waals surface area contributed by atoms with Crippen LogP contribution < -0.4 is 11.5 Å². The van der Waals surface area contributed by atoms with Crippen LogP contribution in [0.3, 0.4) is 0 Å². The predicted octanol–water partition coefficient (Wildman–Crippen LogP) is 0.764. The van der Waals surface area contributed by atoms with Gasteiger partial charge in [0.15, 0.2) is 5.78 Å². The molecule has 96 valence electrons. The van der Waals surface area contributed by atoms with Crippen LogP contribution in [-0.4, -0.2) is 28.4 Å². The first-order valence-electron chi connectivity index (χ1n) is 4.97. The number of nitrogens with two attached hydrogens (primary N) is 2. The summed E-state index contributed by atoms with van der Waals surface area (Å²) in [5, 5.41) is 19.2. The summed E-state index contributed by atoms with van der Waals surface area (Å²) in [6.07, 6.45) is 0. The van der Waals surface area contributed by atoms with Gasteiger partial charge in [-0.1, -0.05) is 0 Å². The maximum absolute atomic E-state index is 11.2. The Hall–Kier alpha value is -2.22. The molecule has 1 rings (SSSR count). The first-order chi connectivity index (χ1) is 8.32. The molecule has 0 amide bonds. The topological polar surface area (TPSA) is 132 Å². The molecular formula is C10H14N6OS. The summed E-state index contributed by atoms with van der Waals surface area (Å²) in [7, 11) is 0. The summed E-state index contributed by atoms with van der Waals surface area (Å²) in [6, 6.07) is 3.45. The van der Waals surface area contributed by atoms with Crippen LogP contribution in [0.4, 0.5) is 0 Å². The van der Waals surface area contributed by atoms with Crippen LogP contribution in [0.5, 0.6) is 0 Å². The van der Waals surface area contributed by atoms with Crippen molar-refractivity contribution in [2.45, 2.75) is 13.8 Å². The molecule has 0 saturated heterocycles. The van der Waals surface area contributed by atoms with E-state index in [1.54, 1.807) is 19.1 Å². The van der Waals surface area contributed by atoms with Crippen molar-refractivity contribution < 1.29 is 4.79 Å². The fraction of sp³-hybridized carbons (Fsp3) is 0.200. The third-order valence-electron chi connectivity index (χ3n) is 2.02. The molecule has 0 atom stereocenters. The second kappa shape index (κ2) is 5.41. The van der Waals surface area contributed by atoms with Crippen molar-refractivity contribution in [1.82, 2.24) is 5.01 Å². The highest BCUT2D eigenvalue weighted by molar-refractivity contribution is 7.16. The molecular weight excluding hydrogens is 252 g/mol.